The highest BCUT2D eigenvalue weighted by atomic mass is 32.2. The quantitative estimate of drug-likeness (QED) is 0.470. The molecule has 18 heteroatoms. The SMILES string of the molecule is O=C(O)C(F)(F)F.O=C(O[C@H](CO)C(F)(F)F)N1CCC2(CC1)CN(S(=O)(=O)CCc1ccccn1)CCO2. The van der Waals surface area contributed by atoms with Crippen LogP contribution >= 0.6 is 0 Å². The molecule has 0 bridgehead atoms. The third-order valence-electron chi connectivity index (χ3n) is 5.90. The molecule has 2 aliphatic heterocycles. The number of carbonyl (C=O) groups excluding carboxylic acids is 1. The number of halogens is 6. The number of aliphatic carboxylic acids is 1. The van der Waals surface area contributed by atoms with Gasteiger partial charge in [-0.3, -0.25) is 4.98 Å². The van der Waals surface area contributed by atoms with E-state index >= 15 is 0 Å². The number of hydrogen-bond donors (Lipinski definition) is 2. The number of pyridine rings is 1. The molecule has 2 aliphatic rings. The summed E-state index contributed by atoms with van der Waals surface area (Å²) < 4.78 is 107. The van der Waals surface area contributed by atoms with Gasteiger partial charge in [0, 0.05) is 44.5 Å². The van der Waals surface area contributed by atoms with Gasteiger partial charge in [-0.15, -0.1) is 0 Å². The third-order valence-corrected chi connectivity index (χ3v) is 7.72. The second-order valence-electron chi connectivity index (χ2n) is 8.64. The fourth-order valence-electron chi connectivity index (χ4n) is 3.76. The fraction of sp³-hybridized carbons (Fsp3) is 0.667. The summed E-state index contributed by atoms with van der Waals surface area (Å²) in [5.74, 6) is -2.86. The lowest BCUT2D eigenvalue weighted by Crippen LogP contribution is -2.59. The Morgan fingerprint density at radius 3 is 2.23 bits per heavy atom. The number of aliphatic hydroxyl groups excluding tert-OH is 1. The molecule has 1 aromatic heterocycles. The second kappa shape index (κ2) is 13.1. The number of aliphatic hydroxyl groups is 1. The van der Waals surface area contributed by atoms with Crippen LogP contribution in [0.1, 0.15) is 18.5 Å². The molecule has 2 N–H and O–H groups in total. The van der Waals surface area contributed by atoms with E-state index in [2.05, 4.69) is 9.72 Å². The zero-order valence-corrected chi connectivity index (χ0v) is 21.1. The van der Waals surface area contributed by atoms with E-state index in [1.807, 2.05) is 0 Å². The van der Waals surface area contributed by atoms with E-state index in [1.165, 1.54) is 4.31 Å². The first-order valence-corrected chi connectivity index (χ1v) is 13.0. The lowest BCUT2D eigenvalue weighted by molar-refractivity contribution is -0.215. The van der Waals surface area contributed by atoms with Gasteiger partial charge in [-0.25, -0.2) is 18.0 Å². The molecule has 39 heavy (non-hydrogen) atoms. The zero-order valence-electron chi connectivity index (χ0n) is 20.3. The van der Waals surface area contributed by atoms with Crippen molar-refractivity contribution in [2.45, 2.75) is 43.3 Å². The number of carbonyl (C=O) groups is 2. The molecular formula is C21H27F6N3O8S. The van der Waals surface area contributed by atoms with E-state index in [9.17, 15) is 39.6 Å². The largest absolute Gasteiger partial charge is 0.490 e. The van der Waals surface area contributed by atoms with Crippen LogP contribution < -0.4 is 0 Å². The minimum atomic E-state index is -5.08. The average molecular weight is 596 g/mol. The molecule has 1 aromatic rings. The molecule has 2 saturated heterocycles. The van der Waals surface area contributed by atoms with Gasteiger partial charge in [-0.2, -0.15) is 30.6 Å². The number of amides is 1. The summed E-state index contributed by atoms with van der Waals surface area (Å²) in [6.07, 6.45) is -11.3. The molecule has 2 fully saturated rings. The summed E-state index contributed by atoms with van der Waals surface area (Å²) in [7, 11) is -3.57. The van der Waals surface area contributed by atoms with Crippen molar-refractivity contribution in [1.82, 2.24) is 14.2 Å². The molecule has 0 saturated carbocycles. The number of rotatable bonds is 6. The Balaban J connectivity index is 0.000000673. The van der Waals surface area contributed by atoms with E-state index in [1.54, 1.807) is 24.4 Å². The van der Waals surface area contributed by atoms with Gasteiger partial charge >= 0.3 is 24.4 Å². The van der Waals surface area contributed by atoms with Crippen LogP contribution in [-0.4, -0.2) is 114 Å². The molecule has 11 nitrogen and oxygen atoms in total. The van der Waals surface area contributed by atoms with Gasteiger partial charge in [0.1, 0.15) is 0 Å². The normalized spacial score (nSPS) is 19.1. The van der Waals surface area contributed by atoms with Crippen molar-refractivity contribution in [1.29, 1.82) is 0 Å². The van der Waals surface area contributed by atoms with Crippen molar-refractivity contribution in [3.8, 4) is 0 Å². The monoisotopic (exact) mass is 595 g/mol. The maximum absolute atomic E-state index is 12.8. The number of piperidine rings is 1. The van der Waals surface area contributed by atoms with Crippen LogP contribution in [0.2, 0.25) is 0 Å². The Kier molecular flexibility index (Phi) is 10.9. The van der Waals surface area contributed by atoms with Crippen molar-refractivity contribution in [3.05, 3.63) is 30.1 Å². The molecule has 0 radical (unpaired) electrons. The first kappa shape index (κ1) is 32.5. The topological polar surface area (TPSA) is 147 Å². The van der Waals surface area contributed by atoms with Gasteiger partial charge in [0.15, 0.2) is 0 Å². The van der Waals surface area contributed by atoms with E-state index < -0.39 is 52.8 Å². The van der Waals surface area contributed by atoms with Crippen LogP contribution in [0.3, 0.4) is 0 Å². The molecule has 3 rings (SSSR count). The Bertz CT molecular complexity index is 1060. The summed E-state index contributed by atoms with van der Waals surface area (Å²) >= 11 is 0. The van der Waals surface area contributed by atoms with Crippen LogP contribution in [0.25, 0.3) is 0 Å². The molecule has 0 aromatic carbocycles. The predicted molar refractivity (Wildman–Crippen MR) is 120 cm³/mol. The first-order valence-electron chi connectivity index (χ1n) is 11.4. The van der Waals surface area contributed by atoms with Gasteiger partial charge in [0.25, 0.3) is 0 Å². The van der Waals surface area contributed by atoms with E-state index in [0.29, 0.717) is 5.69 Å². The van der Waals surface area contributed by atoms with Gasteiger partial charge in [-0.1, -0.05) is 6.07 Å². The summed E-state index contributed by atoms with van der Waals surface area (Å²) in [5.41, 5.74) is -0.140. The maximum atomic E-state index is 12.8. The minimum Gasteiger partial charge on any atom is -0.475 e. The highest BCUT2D eigenvalue weighted by molar-refractivity contribution is 7.89. The van der Waals surface area contributed by atoms with Crippen molar-refractivity contribution >= 4 is 22.1 Å². The number of ether oxygens (including phenoxy) is 2. The number of carboxylic acid groups (broad SMARTS) is 1. The predicted octanol–water partition coefficient (Wildman–Crippen LogP) is 1.81. The van der Waals surface area contributed by atoms with Gasteiger partial charge < -0.3 is 24.6 Å². The maximum Gasteiger partial charge on any atom is 0.490 e. The zero-order chi connectivity index (χ0) is 29.5. The molecule has 0 unspecified atom stereocenters. The molecule has 1 atom stereocenters. The van der Waals surface area contributed by atoms with Crippen molar-refractivity contribution in [2.75, 3.05) is 45.1 Å². The molecule has 1 spiro atoms. The first-order chi connectivity index (χ1) is 18.0. The summed E-state index contributed by atoms with van der Waals surface area (Å²) in [4.78, 5) is 26.2. The Labute approximate surface area is 219 Å². The Morgan fingerprint density at radius 1 is 1.13 bits per heavy atom. The molecule has 1 amide bonds. The third kappa shape index (κ3) is 9.77. The number of likely N-dealkylation sites (tertiary alicyclic amines) is 1. The number of alkyl halides is 6. The van der Waals surface area contributed by atoms with E-state index in [4.69, 9.17) is 19.7 Å². The number of morpholine rings is 1. The average Bonchev–Trinajstić information content (AvgIpc) is 2.86. The highest BCUT2D eigenvalue weighted by Gasteiger charge is 2.46. The lowest BCUT2D eigenvalue weighted by atomic mass is 9.90. The molecule has 222 valence electrons. The molecule has 0 aliphatic carbocycles. The number of sulfonamides is 1. The second-order valence-corrected chi connectivity index (χ2v) is 10.7. The van der Waals surface area contributed by atoms with E-state index in [0.717, 1.165) is 4.90 Å². The summed E-state index contributed by atoms with van der Waals surface area (Å²) in [6, 6.07) is 5.29. The molecular weight excluding hydrogens is 568 g/mol. The van der Waals surface area contributed by atoms with E-state index in [-0.39, 0.29) is 57.8 Å². The number of aryl methyl sites for hydroxylation is 1. The number of carboxylic acids is 1. The minimum absolute atomic E-state index is 0.0522. The van der Waals surface area contributed by atoms with Gasteiger partial charge in [0.05, 0.1) is 24.6 Å². The lowest BCUT2D eigenvalue weighted by Gasteiger charge is -2.46. The van der Waals surface area contributed by atoms with Gasteiger partial charge in [-0.05, 0) is 25.0 Å². The number of hydrogen-bond acceptors (Lipinski definition) is 8. The smallest absolute Gasteiger partial charge is 0.475 e. The molecule has 3 heterocycles. The van der Waals surface area contributed by atoms with Crippen molar-refractivity contribution in [3.63, 3.8) is 0 Å². The number of aromatic nitrogens is 1. The van der Waals surface area contributed by atoms with Gasteiger partial charge in [0.2, 0.25) is 16.1 Å². The summed E-state index contributed by atoms with van der Waals surface area (Å²) in [5, 5.41) is 16.0. The van der Waals surface area contributed by atoms with Crippen LogP contribution in [0.5, 0.6) is 0 Å². The van der Waals surface area contributed by atoms with Crippen LogP contribution in [0, 0.1) is 0 Å². The van der Waals surface area contributed by atoms with Crippen LogP contribution in [0.4, 0.5) is 31.1 Å². The Morgan fingerprint density at radius 2 is 1.74 bits per heavy atom. The van der Waals surface area contributed by atoms with Crippen molar-refractivity contribution < 1.29 is 64.0 Å². The number of nitrogens with zero attached hydrogens (tertiary/aromatic N) is 3. The fourth-order valence-corrected chi connectivity index (χ4v) is 5.27. The van der Waals surface area contributed by atoms with Crippen molar-refractivity contribution in [2.24, 2.45) is 0 Å². The van der Waals surface area contributed by atoms with Crippen LogP contribution in [0.15, 0.2) is 24.4 Å². The van der Waals surface area contributed by atoms with Crippen LogP contribution in [-0.2, 0) is 30.7 Å². The summed E-state index contributed by atoms with van der Waals surface area (Å²) in [6.45, 7) is -0.743. The highest BCUT2D eigenvalue weighted by Crippen LogP contribution is 2.32. The standard InChI is InChI=1S/C19H26F3N3O6S.C2HF3O2/c20-19(21,22)16(13-26)31-17(27)24-8-5-18(6-9-24)14-25(10-11-30-18)32(28,29)12-4-15-3-1-2-7-23-15;3-2(4,5)1(6)7/h1-3,7,16,26H,4-6,8-14H2;(H,6,7)/t16-;/m1./s1. The Hall–Kier alpha value is -2.70.